The summed E-state index contributed by atoms with van der Waals surface area (Å²) in [7, 11) is 0. The summed E-state index contributed by atoms with van der Waals surface area (Å²) in [6, 6.07) is -0.151. The summed E-state index contributed by atoms with van der Waals surface area (Å²) >= 11 is 5.45. The lowest BCUT2D eigenvalue weighted by molar-refractivity contribution is 0.244. The molecule has 1 aliphatic rings. The molecule has 0 heterocycles. The molecule has 0 radical (unpaired) electrons. The normalized spacial score (nSPS) is 16.1. The first kappa shape index (κ1) is 10.4. The minimum atomic E-state index is -0.151. The number of hydrogen-bond acceptors (Lipinski definition) is 1. The van der Waals surface area contributed by atoms with Crippen molar-refractivity contribution in [1.29, 1.82) is 0 Å². The highest BCUT2D eigenvalue weighted by atomic mass is 35.5. The van der Waals surface area contributed by atoms with E-state index in [0.717, 1.165) is 6.42 Å². The van der Waals surface area contributed by atoms with E-state index < -0.39 is 0 Å². The van der Waals surface area contributed by atoms with Crippen LogP contribution in [0.1, 0.15) is 19.3 Å². The average molecular weight is 203 g/mol. The number of carbonyl (C=O) groups is 1. The van der Waals surface area contributed by atoms with Gasteiger partial charge in [-0.1, -0.05) is 6.08 Å². The first-order chi connectivity index (χ1) is 6.33. The molecule has 13 heavy (non-hydrogen) atoms. The summed E-state index contributed by atoms with van der Waals surface area (Å²) in [5, 5.41) is 5.33. The monoisotopic (exact) mass is 202 g/mol. The third kappa shape index (κ3) is 5.53. The van der Waals surface area contributed by atoms with E-state index in [0.29, 0.717) is 18.3 Å². The summed E-state index contributed by atoms with van der Waals surface area (Å²) in [6.45, 7) is 0.632. The van der Waals surface area contributed by atoms with Gasteiger partial charge in [-0.05, 0) is 25.2 Å². The Kier molecular flexibility index (Phi) is 4.68. The molecule has 0 spiro atoms. The maximum Gasteiger partial charge on any atom is 0.318 e. The first-order valence-electron chi connectivity index (χ1n) is 4.60. The van der Waals surface area contributed by atoms with Gasteiger partial charge in [-0.2, -0.15) is 0 Å². The quantitative estimate of drug-likeness (QED) is 0.519. The second kappa shape index (κ2) is 5.86. The molecule has 0 bridgehead atoms. The molecule has 74 valence electrons. The number of hydrogen-bond donors (Lipinski definition) is 2. The number of carbonyl (C=O) groups excluding carboxylic acids is 1. The predicted molar refractivity (Wildman–Crippen MR) is 53.7 cm³/mol. The smallest absolute Gasteiger partial charge is 0.318 e. The molecule has 3 nitrogen and oxygen atoms in total. The fraction of sp³-hybridized carbons (Fsp3) is 0.667. The van der Waals surface area contributed by atoms with E-state index >= 15 is 0 Å². The maximum absolute atomic E-state index is 11.0. The van der Waals surface area contributed by atoms with Gasteiger partial charge in [0, 0.05) is 18.6 Å². The first-order valence-corrected chi connectivity index (χ1v) is 5.13. The molecular formula is C9H15ClN2O. The Morgan fingerprint density at radius 3 is 2.92 bits per heavy atom. The van der Waals surface area contributed by atoms with Gasteiger partial charge in [-0.15, -0.1) is 11.6 Å². The molecule has 0 aromatic carbocycles. The molecule has 1 rings (SSSR count). The highest BCUT2D eigenvalue weighted by molar-refractivity contribution is 6.17. The molecule has 2 amide bonds. The number of amides is 2. The summed E-state index contributed by atoms with van der Waals surface area (Å²) in [6.07, 6.45) is 7.06. The van der Waals surface area contributed by atoms with Crippen LogP contribution in [0, 0.1) is 5.92 Å². The van der Waals surface area contributed by atoms with Gasteiger partial charge >= 0.3 is 6.03 Å². The van der Waals surface area contributed by atoms with Gasteiger partial charge < -0.3 is 10.6 Å². The van der Waals surface area contributed by atoms with Crippen molar-refractivity contribution in [3.8, 4) is 0 Å². The molecule has 1 aliphatic carbocycles. The lowest BCUT2D eigenvalue weighted by atomic mass is 10.4. The Bertz CT molecular complexity index is 190. The Morgan fingerprint density at radius 2 is 2.31 bits per heavy atom. The van der Waals surface area contributed by atoms with Crippen LogP contribution in [0.5, 0.6) is 0 Å². The van der Waals surface area contributed by atoms with E-state index in [1.165, 1.54) is 12.8 Å². The predicted octanol–water partition coefficient (Wildman–Crippen LogP) is 1.84. The van der Waals surface area contributed by atoms with Crippen LogP contribution in [-0.2, 0) is 0 Å². The Labute approximate surface area is 83.5 Å². The highest BCUT2D eigenvalue weighted by Gasteiger charge is 2.16. The zero-order valence-electron chi connectivity index (χ0n) is 7.55. The van der Waals surface area contributed by atoms with E-state index in [1.54, 1.807) is 6.20 Å². The number of nitrogens with one attached hydrogen (secondary N) is 2. The van der Waals surface area contributed by atoms with E-state index in [-0.39, 0.29) is 6.03 Å². The summed E-state index contributed by atoms with van der Waals surface area (Å²) in [5.41, 5.74) is 0. The minimum absolute atomic E-state index is 0.151. The van der Waals surface area contributed by atoms with Crippen LogP contribution in [0.2, 0.25) is 0 Å². The van der Waals surface area contributed by atoms with E-state index in [9.17, 15) is 4.79 Å². The van der Waals surface area contributed by atoms with Gasteiger partial charge in [0.2, 0.25) is 0 Å². The van der Waals surface area contributed by atoms with Gasteiger partial charge in [-0.3, -0.25) is 0 Å². The number of alkyl halides is 1. The van der Waals surface area contributed by atoms with Gasteiger partial charge in [0.05, 0.1) is 0 Å². The van der Waals surface area contributed by atoms with Gasteiger partial charge in [0.1, 0.15) is 0 Å². The summed E-state index contributed by atoms with van der Waals surface area (Å²) in [5.74, 6) is 1.28. The van der Waals surface area contributed by atoms with Crippen LogP contribution < -0.4 is 10.6 Å². The van der Waals surface area contributed by atoms with Crippen LogP contribution in [0.3, 0.4) is 0 Å². The Morgan fingerprint density at radius 1 is 1.54 bits per heavy atom. The molecule has 0 aliphatic heterocycles. The number of urea groups is 1. The summed E-state index contributed by atoms with van der Waals surface area (Å²) < 4.78 is 0. The van der Waals surface area contributed by atoms with Crippen LogP contribution in [0.4, 0.5) is 4.79 Å². The molecule has 0 saturated heterocycles. The standard InChI is InChI=1S/C9H15ClN2O/c10-5-1-6-11-9(13)12-7-4-8-2-3-8/h4,7-8H,1-3,5-6H2,(H2,11,12,13)/b7-4+. The second-order valence-electron chi connectivity index (χ2n) is 3.14. The third-order valence-corrected chi connectivity index (χ3v) is 2.07. The van der Waals surface area contributed by atoms with Crippen molar-refractivity contribution in [3.63, 3.8) is 0 Å². The van der Waals surface area contributed by atoms with E-state index in [1.807, 2.05) is 6.08 Å². The Balaban J connectivity index is 1.96. The van der Waals surface area contributed by atoms with Crippen molar-refractivity contribution >= 4 is 17.6 Å². The molecule has 0 aromatic heterocycles. The lowest BCUT2D eigenvalue weighted by Gasteiger charge is -2.01. The van der Waals surface area contributed by atoms with E-state index in [2.05, 4.69) is 10.6 Å². The fourth-order valence-corrected chi connectivity index (χ4v) is 1.00. The zero-order chi connectivity index (χ0) is 9.52. The molecular weight excluding hydrogens is 188 g/mol. The van der Waals surface area contributed by atoms with Gasteiger partial charge in [0.25, 0.3) is 0 Å². The van der Waals surface area contributed by atoms with Crippen molar-refractivity contribution in [2.24, 2.45) is 5.92 Å². The fourth-order valence-electron chi connectivity index (χ4n) is 0.868. The molecule has 0 aromatic rings. The zero-order valence-corrected chi connectivity index (χ0v) is 8.31. The van der Waals surface area contributed by atoms with Crippen molar-refractivity contribution in [3.05, 3.63) is 12.3 Å². The van der Waals surface area contributed by atoms with Gasteiger partial charge in [-0.25, -0.2) is 4.79 Å². The largest absolute Gasteiger partial charge is 0.338 e. The number of allylic oxidation sites excluding steroid dienone is 1. The maximum atomic E-state index is 11.0. The summed E-state index contributed by atoms with van der Waals surface area (Å²) in [4.78, 5) is 11.0. The Hall–Kier alpha value is -0.700. The third-order valence-electron chi connectivity index (χ3n) is 1.80. The van der Waals surface area contributed by atoms with Crippen molar-refractivity contribution in [2.75, 3.05) is 12.4 Å². The number of halogens is 1. The molecule has 2 N–H and O–H groups in total. The highest BCUT2D eigenvalue weighted by Crippen LogP contribution is 2.29. The lowest BCUT2D eigenvalue weighted by Crippen LogP contribution is -2.32. The second-order valence-corrected chi connectivity index (χ2v) is 3.52. The molecule has 1 saturated carbocycles. The van der Waals surface area contributed by atoms with Crippen molar-refractivity contribution < 1.29 is 4.79 Å². The van der Waals surface area contributed by atoms with Crippen LogP contribution in [0.25, 0.3) is 0 Å². The van der Waals surface area contributed by atoms with Crippen molar-refractivity contribution in [2.45, 2.75) is 19.3 Å². The van der Waals surface area contributed by atoms with Crippen molar-refractivity contribution in [1.82, 2.24) is 10.6 Å². The SMILES string of the molecule is O=C(N/C=C/C1CC1)NCCCCl. The van der Waals surface area contributed by atoms with Gasteiger partial charge in [0.15, 0.2) is 0 Å². The number of rotatable bonds is 5. The topological polar surface area (TPSA) is 41.1 Å². The van der Waals surface area contributed by atoms with Crippen LogP contribution >= 0.6 is 11.6 Å². The minimum Gasteiger partial charge on any atom is -0.338 e. The molecule has 0 unspecified atom stereocenters. The van der Waals surface area contributed by atoms with E-state index in [4.69, 9.17) is 11.6 Å². The average Bonchev–Trinajstić information content (AvgIpc) is 2.89. The van der Waals surface area contributed by atoms with Crippen LogP contribution in [0.15, 0.2) is 12.3 Å². The molecule has 0 atom stereocenters. The van der Waals surface area contributed by atoms with Crippen LogP contribution in [-0.4, -0.2) is 18.5 Å². The molecule has 1 fully saturated rings. The molecule has 4 heteroatoms.